The quantitative estimate of drug-likeness (QED) is 0.0802. The predicted octanol–water partition coefficient (Wildman–Crippen LogP) is 4.81. The summed E-state index contributed by atoms with van der Waals surface area (Å²) < 4.78 is 30.7. The number of hydrogen-bond acceptors (Lipinski definition) is 13. The molecule has 1 aliphatic carbocycles. The van der Waals surface area contributed by atoms with Crippen LogP contribution in [-0.2, 0) is 65.5 Å². The van der Waals surface area contributed by atoms with Crippen molar-refractivity contribution in [2.24, 2.45) is 10.8 Å². The largest absolute Gasteiger partial charge is 0.462 e. The minimum atomic E-state index is -1.52. The smallest absolute Gasteiger partial charge is 0.348 e. The number of carbonyl (C=O) groups excluding carboxylic acids is 5. The van der Waals surface area contributed by atoms with Crippen molar-refractivity contribution >= 4 is 35.8 Å². The molecule has 15 nitrogen and oxygen atoms in total. The molecule has 0 aromatic heterocycles. The third-order valence-corrected chi connectivity index (χ3v) is 13.2. The van der Waals surface area contributed by atoms with E-state index in [4.69, 9.17) is 28.5 Å². The number of benzene rings is 2. The first-order valence-corrected chi connectivity index (χ1v) is 22.6. The van der Waals surface area contributed by atoms with Gasteiger partial charge in [0, 0.05) is 50.8 Å². The molecule has 2 unspecified atom stereocenters. The number of ether oxygens (including phenoxy) is 5. The zero-order chi connectivity index (χ0) is 44.9. The molecule has 342 valence electrons. The highest BCUT2D eigenvalue weighted by Crippen LogP contribution is 2.58. The van der Waals surface area contributed by atoms with Gasteiger partial charge in [0.15, 0.2) is 11.8 Å². The standard InChI is InChI=1S/C48H63N3O12/c1-6-8-13-23-47(24-14-9-7-2)61-37-35-28-48(45(57)50(5)34(42(54)49-25-26-52)27-32-15-11-10-12-16-32)39(43(55)59-35)51(63-40(48)38(37)62-47)29-33-19-17-31(18-20-33)21-22-36(53)60-41-44(56)58-30-46(41,3)4/h10-12,15-22,34-35,37-41,52H,6-9,13-14,23-30H2,1-5H3,(H,49,54)/t34-,35?,37+,38+,39+,40-,41+,48?/m1/s1. The van der Waals surface area contributed by atoms with Gasteiger partial charge in [-0.3, -0.25) is 19.2 Å². The number of carbonyl (C=O) groups is 5. The van der Waals surface area contributed by atoms with Crippen molar-refractivity contribution < 1.29 is 57.6 Å². The van der Waals surface area contributed by atoms with Gasteiger partial charge in [-0.25, -0.2) is 9.59 Å². The summed E-state index contributed by atoms with van der Waals surface area (Å²) >= 11 is 0. The summed E-state index contributed by atoms with van der Waals surface area (Å²) in [7, 11) is 1.59. The molecule has 2 N–H and O–H groups in total. The Morgan fingerprint density at radius 1 is 0.937 bits per heavy atom. The molecule has 1 saturated carbocycles. The van der Waals surface area contributed by atoms with Crippen LogP contribution in [0.25, 0.3) is 6.08 Å². The second-order valence-corrected chi connectivity index (χ2v) is 18.3. The van der Waals surface area contributed by atoms with E-state index < -0.39 is 88.9 Å². The first kappa shape index (κ1) is 46.3. The van der Waals surface area contributed by atoms with Crippen molar-refractivity contribution in [1.82, 2.24) is 15.3 Å². The second kappa shape index (κ2) is 19.6. The normalized spacial score (nSPS) is 28.3. The summed E-state index contributed by atoms with van der Waals surface area (Å²) in [5.41, 5.74) is 0.105. The summed E-state index contributed by atoms with van der Waals surface area (Å²) in [6, 6.07) is 14.5. The topological polar surface area (TPSA) is 179 Å². The Kier molecular flexibility index (Phi) is 14.4. The van der Waals surface area contributed by atoms with Gasteiger partial charge in [-0.15, -0.1) is 0 Å². The molecule has 2 aromatic rings. The highest BCUT2D eigenvalue weighted by atomic mass is 16.8. The van der Waals surface area contributed by atoms with Gasteiger partial charge in [0.2, 0.25) is 17.9 Å². The van der Waals surface area contributed by atoms with Crippen LogP contribution in [0.3, 0.4) is 0 Å². The zero-order valence-corrected chi connectivity index (χ0v) is 37.1. The van der Waals surface area contributed by atoms with E-state index >= 15 is 4.79 Å². The summed E-state index contributed by atoms with van der Waals surface area (Å²) in [6.07, 6.45) is 6.01. The number of hydrogen-bond donors (Lipinski definition) is 2. The van der Waals surface area contributed by atoms with Crippen LogP contribution in [0, 0.1) is 10.8 Å². The highest BCUT2D eigenvalue weighted by molar-refractivity contribution is 5.96. The highest BCUT2D eigenvalue weighted by Gasteiger charge is 2.76. The number of hydroxylamine groups is 2. The van der Waals surface area contributed by atoms with Crippen molar-refractivity contribution in [3.05, 3.63) is 77.4 Å². The number of esters is 3. The molecule has 2 aromatic carbocycles. The number of unbranched alkanes of at least 4 members (excludes halogenated alkanes) is 4. The molecule has 4 aliphatic heterocycles. The summed E-state index contributed by atoms with van der Waals surface area (Å²) in [5, 5.41) is 13.9. The van der Waals surface area contributed by atoms with E-state index in [1.54, 1.807) is 39.1 Å². The van der Waals surface area contributed by atoms with E-state index in [-0.39, 0.29) is 39.1 Å². The number of nitrogens with one attached hydrogen (secondary N) is 1. The van der Waals surface area contributed by atoms with Crippen molar-refractivity contribution in [2.45, 2.75) is 147 Å². The predicted molar refractivity (Wildman–Crippen MR) is 229 cm³/mol. The lowest BCUT2D eigenvalue weighted by molar-refractivity contribution is -0.225. The first-order valence-electron chi connectivity index (χ1n) is 22.6. The van der Waals surface area contributed by atoms with Crippen LogP contribution in [0.15, 0.2) is 60.7 Å². The Morgan fingerprint density at radius 2 is 1.62 bits per heavy atom. The van der Waals surface area contributed by atoms with Crippen molar-refractivity contribution in [3.8, 4) is 0 Å². The summed E-state index contributed by atoms with van der Waals surface area (Å²) in [6.45, 7) is 7.87. The minimum absolute atomic E-state index is 0.00876. The van der Waals surface area contributed by atoms with E-state index in [1.165, 1.54) is 16.0 Å². The Morgan fingerprint density at radius 3 is 2.25 bits per heavy atom. The lowest BCUT2D eigenvalue weighted by Gasteiger charge is -2.50. The molecule has 8 atom stereocenters. The SMILES string of the molecule is CCCCCC1(CCCCC)O[C@@H]2[C@H]3ON(Cc4ccc(C=CC(=O)O[C@H]5C(=O)OCC5(C)C)cc4)[C@H]4C(=O)OC(CC34C(=O)N(C)[C@H](Cc3ccccc3)C(=O)NCCO)[C@@H]2O1. The van der Waals surface area contributed by atoms with Crippen molar-refractivity contribution in [3.63, 3.8) is 0 Å². The fraction of sp³-hybridized carbons (Fsp3) is 0.604. The number of amides is 2. The molecule has 0 spiro atoms. The van der Waals surface area contributed by atoms with Crippen LogP contribution in [0.2, 0.25) is 0 Å². The summed E-state index contributed by atoms with van der Waals surface area (Å²) in [5.74, 6) is -3.69. The van der Waals surface area contributed by atoms with Gasteiger partial charge in [0.05, 0.1) is 13.2 Å². The molecule has 5 aliphatic rings. The molecular formula is C48H63N3O12. The second-order valence-electron chi connectivity index (χ2n) is 18.3. The van der Waals surface area contributed by atoms with E-state index in [9.17, 15) is 24.3 Å². The monoisotopic (exact) mass is 873 g/mol. The average molecular weight is 874 g/mol. The van der Waals surface area contributed by atoms with E-state index in [1.807, 2.05) is 42.5 Å². The lowest BCUT2D eigenvalue weighted by atomic mass is 9.62. The third-order valence-electron chi connectivity index (χ3n) is 13.2. The van der Waals surface area contributed by atoms with Crippen LogP contribution >= 0.6 is 0 Å². The fourth-order valence-corrected chi connectivity index (χ4v) is 9.86. The maximum absolute atomic E-state index is 15.6. The molecule has 0 radical (unpaired) electrons. The van der Waals surface area contributed by atoms with Crippen LogP contribution < -0.4 is 5.32 Å². The average Bonchev–Trinajstić information content (AvgIpc) is 3.91. The van der Waals surface area contributed by atoms with Gasteiger partial charge >= 0.3 is 17.9 Å². The van der Waals surface area contributed by atoms with E-state index in [0.29, 0.717) is 18.4 Å². The maximum atomic E-state index is 15.6. The Hall–Kier alpha value is -4.67. The van der Waals surface area contributed by atoms with Gasteiger partial charge in [-0.2, -0.15) is 5.06 Å². The Bertz CT molecular complexity index is 1980. The third kappa shape index (κ3) is 9.58. The minimum Gasteiger partial charge on any atom is -0.462 e. The number of aliphatic hydroxyl groups excluding tert-OH is 1. The van der Waals surface area contributed by atoms with Crippen LogP contribution in [0.5, 0.6) is 0 Å². The Balaban J connectivity index is 1.19. The van der Waals surface area contributed by atoms with Crippen LogP contribution in [-0.4, -0.2) is 120 Å². The van der Waals surface area contributed by atoms with Crippen LogP contribution in [0.1, 0.15) is 102 Å². The van der Waals surface area contributed by atoms with Gasteiger partial charge in [0.25, 0.3) is 0 Å². The molecule has 2 amide bonds. The molecule has 63 heavy (non-hydrogen) atoms. The number of nitrogens with zero attached hydrogens (tertiary/aromatic N) is 2. The number of cyclic esters (lactones) is 1. The lowest BCUT2D eigenvalue weighted by Crippen LogP contribution is -2.70. The Labute approximate surface area is 369 Å². The number of rotatable bonds is 20. The number of aliphatic hydroxyl groups is 1. The number of fused-ring (bicyclic) bond motifs is 4. The molecule has 4 saturated heterocycles. The van der Waals surface area contributed by atoms with Crippen molar-refractivity contribution in [1.29, 1.82) is 0 Å². The van der Waals surface area contributed by atoms with E-state index in [0.717, 1.165) is 49.7 Å². The maximum Gasteiger partial charge on any atom is 0.348 e. The van der Waals surface area contributed by atoms with E-state index in [2.05, 4.69) is 19.2 Å². The van der Waals surface area contributed by atoms with Crippen molar-refractivity contribution in [2.75, 3.05) is 26.8 Å². The molecule has 4 heterocycles. The fourth-order valence-electron chi connectivity index (χ4n) is 9.86. The summed E-state index contributed by atoms with van der Waals surface area (Å²) in [4.78, 5) is 77.0. The van der Waals surface area contributed by atoms with Crippen LogP contribution in [0.4, 0.5) is 0 Å². The molecular weight excluding hydrogens is 811 g/mol. The van der Waals surface area contributed by atoms with Gasteiger partial charge in [-0.05, 0) is 35.6 Å². The zero-order valence-electron chi connectivity index (χ0n) is 37.1. The van der Waals surface area contributed by atoms with Gasteiger partial charge in [-0.1, -0.05) is 108 Å². The molecule has 5 fully saturated rings. The first-order chi connectivity index (χ1) is 30.3. The molecule has 7 rings (SSSR count). The van der Waals surface area contributed by atoms with Gasteiger partial charge in [0.1, 0.15) is 42.5 Å². The number of likely N-dealkylation sites (N-methyl/N-ethyl adjacent to an activating group) is 1. The molecule has 15 heteroatoms. The molecule has 2 bridgehead atoms. The van der Waals surface area contributed by atoms with Gasteiger partial charge < -0.3 is 39.0 Å².